The summed E-state index contributed by atoms with van der Waals surface area (Å²) in [7, 11) is 1.23. The number of aryl methyl sites for hydroxylation is 2. The summed E-state index contributed by atoms with van der Waals surface area (Å²) in [6.45, 7) is 0.209. The van der Waals surface area contributed by atoms with Gasteiger partial charge in [-0.1, -0.05) is 18.2 Å². The van der Waals surface area contributed by atoms with Crippen molar-refractivity contribution >= 4 is 46.1 Å². The third kappa shape index (κ3) is 7.55. The number of anilines is 3. The molecule has 3 aromatic carbocycles. The lowest BCUT2D eigenvalue weighted by Gasteiger charge is -2.17. The van der Waals surface area contributed by atoms with Crippen molar-refractivity contribution in [2.24, 2.45) is 0 Å². The molecule has 2 heterocycles. The third-order valence-electron chi connectivity index (χ3n) is 7.46. The summed E-state index contributed by atoms with van der Waals surface area (Å²) >= 11 is 0. The van der Waals surface area contributed by atoms with Crippen LogP contribution in [-0.2, 0) is 22.4 Å². The third-order valence-corrected chi connectivity index (χ3v) is 7.46. The van der Waals surface area contributed by atoms with E-state index in [9.17, 15) is 14.4 Å². The molecule has 16 heteroatoms. The Morgan fingerprint density at radius 3 is 2.49 bits per heavy atom. The standard InChI is InChI=1S/C31H32FN11O4/c1-47-30(46)23(3-2-14-36-29(45)20-12-11-19(33)15-21(20)27-40-42-43-41-27)37-28(44)18-8-5-16(6-9-18)4-7-17-10-13-22-24(25(17)32)26(34)39-31(35)38-22/h5-6,8-13,15,23H,2-4,7,14,33H2,1H3,(H,36,45)(H,37,44)(H4,34,35,38,39)(H,40,41,42,43)/t23-/m0/s1. The van der Waals surface area contributed by atoms with Gasteiger partial charge in [0.05, 0.1) is 23.6 Å². The second-order valence-electron chi connectivity index (χ2n) is 10.6. The Kier molecular flexibility index (Phi) is 9.78. The van der Waals surface area contributed by atoms with E-state index in [1.807, 2.05) is 0 Å². The maximum absolute atomic E-state index is 15.1. The lowest BCUT2D eigenvalue weighted by molar-refractivity contribution is -0.143. The highest BCUT2D eigenvalue weighted by Gasteiger charge is 2.23. The van der Waals surface area contributed by atoms with Crippen molar-refractivity contribution in [1.82, 2.24) is 41.2 Å². The molecule has 47 heavy (non-hydrogen) atoms. The number of halogens is 1. The van der Waals surface area contributed by atoms with Gasteiger partial charge >= 0.3 is 5.97 Å². The minimum absolute atomic E-state index is 0.0222. The number of benzene rings is 3. The fourth-order valence-corrected chi connectivity index (χ4v) is 5.03. The lowest BCUT2D eigenvalue weighted by Crippen LogP contribution is -2.42. The lowest BCUT2D eigenvalue weighted by atomic mass is 10.0. The van der Waals surface area contributed by atoms with Gasteiger partial charge in [0.15, 0.2) is 5.82 Å². The predicted octanol–water partition coefficient (Wildman–Crippen LogP) is 1.96. The van der Waals surface area contributed by atoms with Crippen molar-refractivity contribution in [3.05, 3.63) is 82.7 Å². The molecule has 0 unspecified atom stereocenters. The summed E-state index contributed by atoms with van der Waals surface area (Å²) in [6.07, 6.45) is 1.42. The molecule has 0 radical (unpaired) electrons. The van der Waals surface area contributed by atoms with Crippen molar-refractivity contribution in [2.45, 2.75) is 31.7 Å². The van der Waals surface area contributed by atoms with Crippen molar-refractivity contribution in [2.75, 3.05) is 30.9 Å². The quantitative estimate of drug-likeness (QED) is 0.0651. The highest BCUT2D eigenvalue weighted by atomic mass is 19.1. The molecule has 0 fully saturated rings. The van der Waals surface area contributed by atoms with Crippen LogP contribution in [0.1, 0.15) is 44.7 Å². The maximum Gasteiger partial charge on any atom is 0.328 e. The van der Waals surface area contributed by atoms with Crippen molar-refractivity contribution in [1.29, 1.82) is 0 Å². The van der Waals surface area contributed by atoms with Crippen LogP contribution in [-0.4, -0.2) is 68.1 Å². The maximum atomic E-state index is 15.1. The van der Waals surface area contributed by atoms with Crippen LogP contribution in [0.4, 0.5) is 21.8 Å². The Hall–Kier alpha value is -6.19. The normalized spacial score (nSPS) is 11.6. The minimum atomic E-state index is -0.945. The molecule has 0 saturated heterocycles. The first kappa shape index (κ1) is 32.2. The van der Waals surface area contributed by atoms with Gasteiger partial charge in [0, 0.05) is 23.4 Å². The fourth-order valence-electron chi connectivity index (χ4n) is 5.03. The number of nitrogens with one attached hydrogen (secondary N) is 3. The number of aromatic amines is 1. The van der Waals surface area contributed by atoms with Crippen LogP contribution >= 0.6 is 0 Å². The average molecular weight is 642 g/mol. The number of methoxy groups -OCH3 is 1. The number of hydrogen-bond acceptors (Lipinski definition) is 12. The number of carbonyl (C=O) groups is 3. The number of tetrazole rings is 1. The molecule has 5 aromatic rings. The minimum Gasteiger partial charge on any atom is -0.467 e. The summed E-state index contributed by atoms with van der Waals surface area (Å²) in [6, 6.07) is 13.8. The molecule has 242 valence electrons. The number of ether oxygens (including phenoxy) is 1. The van der Waals surface area contributed by atoms with Crippen LogP contribution in [0.25, 0.3) is 22.3 Å². The van der Waals surface area contributed by atoms with Crippen LogP contribution in [0.2, 0.25) is 0 Å². The molecule has 2 amide bonds. The highest BCUT2D eigenvalue weighted by Crippen LogP contribution is 2.26. The van der Waals surface area contributed by atoms with Gasteiger partial charge in [-0.3, -0.25) is 9.59 Å². The highest BCUT2D eigenvalue weighted by molar-refractivity contribution is 6.00. The molecule has 0 aliphatic rings. The van der Waals surface area contributed by atoms with Crippen molar-refractivity contribution < 1.29 is 23.5 Å². The number of hydrogen-bond donors (Lipinski definition) is 6. The molecule has 5 rings (SSSR count). The van der Waals surface area contributed by atoms with Crippen LogP contribution in [0.5, 0.6) is 0 Å². The Labute approximate surface area is 267 Å². The van der Waals surface area contributed by atoms with E-state index in [1.54, 1.807) is 54.6 Å². The molecule has 0 aliphatic heterocycles. The van der Waals surface area contributed by atoms with E-state index in [0.717, 1.165) is 5.56 Å². The van der Waals surface area contributed by atoms with Gasteiger partial charge in [0.1, 0.15) is 17.7 Å². The van der Waals surface area contributed by atoms with Crippen LogP contribution < -0.4 is 27.8 Å². The number of nitrogens with zero attached hydrogens (tertiary/aromatic N) is 5. The van der Waals surface area contributed by atoms with Gasteiger partial charge < -0.3 is 32.6 Å². The molecule has 0 aliphatic carbocycles. The predicted molar refractivity (Wildman–Crippen MR) is 171 cm³/mol. The van der Waals surface area contributed by atoms with Crippen molar-refractivity contribution in [3.8, 4) is 11.4 Å². The average Bonchev–Trinajstić information content (AvgIpc) is 3.60. The molecular formula is C31H32FN11O4. The van der Waals surface area contributed by atoms with Crippen LogP contribution in [0, 0.1) is 5.82 Å². The number of rotatable bonds is 12. The summed E-state index contributed by atoms with van der Waals surface area (Å²) in [5, 5.41) is 19.2. The monoisotopic (exact) mass is 641 g/mol. The number of H-pyrrole nitrogens is 1. The van der Waals surface area contributed by atoms with E-state index >= 15 is 4.39 Å². The largest absolute Gasteiger partial charge is 0.467 e. The number of aromatic nitrogens is 6. The van der Waals surface area contributed by atoms with Gasteiger partial charge in [0.25, 0.3) is 11.8 Å². The molecule has 15 nitrogen and oxygen atoms in total. The second-order valence-corrected chi connectivity index (χ2v) is 10.6. The molecular weight excluding hydrogens is 609 g/mol. The van der Waals surface area contributed by atoms with E-state index < -0.39 is 23.7 Å². The van der Waals surface area contributed by atoms with Gasteiger partial charge in [-0.25, -0.2) is 19.3 Å². The smallest absolute Gasteiger partial charge is 0.328 e. The molecule has 1 atom stereocenters. The number of nitrogens with two attached hydrogens (primary N) is 3. The van der Waals surface area contributed by atoms with Gasteiger partial charge in [-0.2, -0.15) is 4.98 Å². The van der Waals surface area contributed by atoms with E-state index in [2.05, 4.69) is 41.2 Å². The summed E-state index contributed by atoms with van der Waals surface area (Å²) < 4.78 is 20.0. The summed E-state index contributed by atoms with van der Waals surface area (Å²) in [4.78, 5) is 46.2. The topological polar surface area (TPSA) is 243 Å². The number of nitrogen functional groups attached to an aromatic ring is 3. The Morgan fingerprint density at radius 1 is 0.979 bits per heavy atom. The molecule has 0 saturated carbocycles. The fraction of sp³-hybridized carbons (Fsp3) is 0.226. The van der Waals surface area contributed by atoms with Gasteiger partial charge in [0.2, 0.25) is 5.95 Å². The second kappa shape index (κ2) is 14.3. The van der Waals surface area contributed by atoms with Crippen LogP contribution in [0.15, 0.2) is 54.6 Å². The van der Waals surface area contributed by atoms with Gasteiger partial charge in [-0.15, -0.1) is 5.10 Å². The summed E-state index contributed by atoms with van der Waals surface area (Å²) in [5.74, 6) is -1.74. The first-order valence-corrected chi connectivity index (χ1v) is 14.5. The first-order valence-electron chi connectivity index (χ1n) is 14.5. The first-order chi connectivity index (χ1) is 22.6. The van der Waals surface area contributed by atoms with E-state index in [-0.39, 0.29) is 41.8 Å². The van der Waals surface area contributed by atoms with Crippen molar-refractivity contribution in [3.63, 3.8) is 0 Å². The van der Waals surface area contributed by atoms with E-state index in [0.29, 0.717) is 52.7 Å². The van der Waals surface area contributed by atoms with Gasteiger partial charge in [-0.05, 0) is 83.6 Å². The number of carbonyl (C=O) groups excluding carboxylic acids is 3. The molecule has 0 bridgehead atoms. The number of fused-ring (bicyclic) bond motifs is 1. The zero-order valence-electron chi connectivity index (χ0n) is 25.3. The SMILES string of the molecule is COC(=O)[C@H](CCCNC(=O)c1ccc(N)cc1-c1nnn[nH]1)NC(=O)c1ccc(CCc2ccc3nc(N)nc(N)c3c2F)cc1. The Morgan fingerprint density at radius 2 is 1.77 bits per heavy atom. The molecule has 0 spiro atoms. The zero-order chi connectivity index (χ0) is 33.5. The molecule has 9 N–H and O–H groups in total. The Bertz CT molecular complexity index is 1920. The number of esters is 1. The summed E-state index contributed by atoms with van der Waals surface area (Å²) in [5.41, 5.74) is 20.5. The number of amides is 2. The molecule has 2 aromatic heterocycles. The van der Waals surface area contributed by atoms with Crippen LogP contribution in [0.3, 0.4) is 0 Å². The Balaban J connectivity index is 1.15. The van der Waals surface area contributed by atoms with E-state index in [4.69, 9.17) is 21.9 Å². The zero-order valence-corrected chi connectivity index (χ0v) is 25.3. The van der Waals surface area contributed by atoms with E-state index in [1.165, 1.54) is 7.11 Å².